The van der Waals surface area contributed by atoms with Gasteiger partial charge in [-0.3, -0.25) is 4.79 Å². The van der Waals surface area contributed by atoms with Gasteiger partial charge in [0.05, 0.1) is 29.8 Å². The molecule has 7 heteroatoms. The Morgan fingerprint density at radius 1 is 1.11 bits per heavy atom. The number of nitrogens with one attached hydrogen (secondary N) is 2. The maximum atomic E-state index is 13.0. The summed E-state index contributed by atoms with van der Waals surface area (Å²) < 4.78 is 10.6. The number of hydrogen-bond donors (Lipinski definition) is 2. The molecule has 0 unspecified atom stereocenters. The molecule has 0 atom stereocenters. The summed E-state index contributed by atoms with van der Waals surface area (Å²) in [6, 6.07) is 9.20. The number of esters is 2. The first-order chi connectivity index (χ1) is 13.1. The molecule has 0 radical (unpaired) electrons. The summed E-state index contributed by atoms with van der Waals surface area (Å²) in [6.07, 6.45) is 3.38. The minimum Gasteiger partial charge on any atom is -0.463 e. The molecule has 1 heterocycles. The van der Waals surface area contributed by atoms with Crippen LogP contribution in [0.1, 0.15) is 38.2 Å². The summed E-state index contributed by atoms with van der Waals surface area (Å²) >= 11 is 0. The molecule has 2 aliphatic rings. The van der Waals surface area contributed by atoms with Crippen LogP contribution in [0, 0.1) is 0 Å². The summed E-state index contributed by atoms with van der Waals surface area (Å²) in [7, 11) is 0. The van der Waals surface area contributed by atoms with Crippen LogP contribution in [0.15, 0.2) is 41.6 Å². The van der Waals surface area contributed by atoms with E-state index in [1.807, 2.05) is 30.3 Å². The van der Waals surface area contributed by atoms with Gasteiger partial charge < -0.3 is 20.1 Å². The van der Waals surface area contributed by atoms with Gasteiger partial charge in [0.2, 0.25) is 0 Å². The number of hydrogen-bond acceptors (Lipinski definition) is 5. The average molecular weight is 372 g/mol. The number of rotatable bonds is 6. The number of urea groups is 1. The maximum Gasteiger partial charge on any atom is 0.337 e. The van der Waals surface area contributed by atoms with Gasteiger partial charge in [-0.25, -0.2) is 9.59 Å². The van der Waals surface area contributed by atoms with Gasteiger partial charge in [0.25, 0.3) is 0 Å². The van der Waals surface area contributed by atoms with Gasteiger partial charge in [-0.15, -0.1) is 0 Å². The van der Waals surface area contributed by atoms with E-state index < -0.39 is 17.4 Å². The summed E-state index contributed by atoms with van der Waals surface area (Å²) in [4.78, 5) is 36.7. The van der Waals surface area contributed by atoms with Gasteiger partial charge in [0.15, 0.2) is 0 Å². The van der Waals surface area contributed by atoms with Gasteiger partial charge in [0.1, 0.15) is 6.61 Å². The zero-order valence-electron chi connectivity index (χ0n) is 15.4. The van der Waals surface area contributed by atoms with Crippen LogP contribution in [-0.2, 0) is 24.5 Å². The first kappa shape index (κ1) is 18.9. The van der Waals surface area contributed by atoms with Crippen molar-refractivity contribution in [3.63, 3.8) is 0 Å². The lowest BCUT2D eigenvalue weighted by Gasteiger charge is -2.28. The van der Waals surface area contributed by atoms with E-state index in [-0.39, 0.29) is 37.0 Å². The zero-order valence-corrected chi connectivity index (χ0v) is 15.4. The predicted molar refractivity (Wildman–Crippen MR) is 97.7 cm³/mol. The van der Waals surface area contributed by atoms with Crippen molar-refractivity contribution >= 4 is 18.0 Å². The van der Waals surface area contributed by atoms with E-state index >= 15 is 0 Å². The SMILES string of the molecule is CCOC(=O)C1=C(COC(=O)C2(c3ccccc3)CCCC2)NC(=O)NC1. The normalized spacial score (nSPS) is 18.5. The van der Waals surface area contributed by atoms with Crippen LogP contribution in [0.3, 0.4) is 0 Å². The van der Waals surface area contributed by atoms with Crippen molar-refractivity contribution in [1.29, 1.82) is 0 Å². The smallest absolute Gasteiger partial charge is 0.337 e. The predicted octanol–water partition coefficient (Wildman–Crippen LogP) is 2.17. The highest BCUT2D eigenvalue weighted by molar-refractivity contribution is 5.94. The molecular formula is C20H24N2O5. The molecule has 1 fully saturated rings. The molecule has 1 aliphatic carbocycles. The van der Waals surface area contributed by atoms with E-state index in [0.29, 0.717) is 0 Å². The second-order valence-electron chi connectivity index (χ2n) is 6.72. The number of benzene rings is 1. The highest BCUT2D eigenvalue weighted by atomic mass is 16.5. The standard InChI is InChI=1S/C20H24N2O5/c1-2-26-17(23)15-12-21-19(25)22-16(15)13-27-18(24)20(10-6-7-11-20)14-8-4-3-5-9-14/h3-5,8-9H,2,6-7,10-13H2,1H3,(H2,21,22,25). The fourth-order valence-electron chi connectivity index (χ4n) is 3.69. The molecule has 2 N–H and O–H groups in total. The van der Waals surface area contributed by atoms with Gasteiger partial charge in [0, 0.05) is 0 Å². The fourth-order valence-corrected chi connectivity index (χ4v) is 3.69. The van der Waals surface area contributed by atoms with Crippen molar-refractivity contribution in [2.45, 2.75) is 38.0 Å². The van der Waals surface area contributed by atoms with Crippen LogP contribution in [-0.4, -0.2) is 37.7 Å². The van der Waals surface area contributed by atoms with Crippen molar-refractivity contribution < 1.29 is 23.9 Å². The molecule has 1 aromatic carbocycles. The van der Waals surface area contributed by atoms with Crippen LogP contribution in [0.5, 0.6) is 0 Å². The second-order valence-corrected chi connectivity index (χ2v) is 6.72. The molecule has 27 heavy (non-hydrogen) atoms. The topological polar surface area (TPSA) is 93.7 Å². The third-order valence-electron chi connectivity index (χ3n) is 5.10. The van der Waals surface area contributed by atoms with Crippen molar-refractivity contribution in [2.24, 2.45) is 0 Å². The van der Waals surface area contributed by atoms with Crippen LogP contribution in [0.2, 0.25) is 0 Å². The minimum absolute atomic E-state index is 0.0430. The number of carbonyl (C=O) groups is 3. The molecule has 3 rings (SSSR count). The van der Waals surface area contributed by atoms with Crippen molar-refractivity contribution in [3.05, 3.63) is 47.2 Å². The Hall–Kier alpha value is -2.83. The summed E-state index contributed by atoms with van der Waals surface area (Å²) in [6.45, 7) is 1.80. The van der Waals surface area contributed by atoms with E-state index in [9.17, 15) is 14.4 Å². The molecule has 0 spiro atoms. The maximum absolute atomic E-state index is 13.0. The third kappa shape index (κ3) is 3.97. The van der Waals surface area contributed by atoms with E-state index in [0.717, 1.165) is 31.2 Å². The first-order valence-electron chi connectivity index (χ1n) is 9.23. The minimum atomic E-state index is -0.664. The summed E-state index contributed by atoms with van der Waals surface area (Å²) in [5, 5.41) is 5.08. The lowest BCUT2D eigenvalue weighted by atomic mass is 9.79. The quantitative estimate of drug-likeness (QED) is 0.747. The number of ether oxygens (including phenoxy) is 2. The highest BCUT2D eigenvalue weighted by Crippen LogP contribution is 2.42. The molecule has 0 aromatic heterocycles. The van der Waals surface area contributed by atoms with Gasteiger partial charge >= 0.3 is 18.0 Å². The van der Waals surface area contributed by atoms with Crippen molar-refractivity contribution in [3.8, 4) is 0 Å². The second kappa shape index (κ2) is 8.24. The molecule has 0 saturated heterocycles. The van der Waals surface area contributed by atoms with Crippen LogP contribution >= 0.6 is 0 Å². The molecular weight excluding hydrogens is 348 g/mol. The molecule has 0 bridgehead atoms. The number of amides is 2. The van der Waals surface area contributed by atoms with Crippen molar-refractivity contribution in [1.82, 2.24) is 10.6 Å². The third-order valence-corrected chi connectivity index (χ3v) is 5.10. The Bertz CT molecular complexity index is 751. The van der Waals surface area contributed by atoms with Crippen molar-refractivity contribution in [2.75, 3.05) is 19.8 Å². The molecule has 7 nitrogen and oxygen atoms in total. The Morgan fingerprint density at radius 3 is 2.48 bits per heavy atom. The Morgan fingerprint density at radius 2 is 1.81 bits per heavy atom. The van der Waals surface area contributed by atoms with Crippen LogP contribution < -0.4 is 10.6 Å². The Kier molecular flexibility index (Phi) is 5.78. The summed E-state index contributed by atoms with van der Waals surface area (Å²) in [5.41, 5.74) is 0.820. The molecule has 1 saturated carbocycles. The largest absolute Gasteiger partial charge is 0.463 e. The van der Waals surface area contributed by atoms with Gasteiger partial charge in [-0.1, -0.05) is 43.2 Å². The zero-order chi connectivity index (χ0) is 19.3. The lowest BCUT2D eigenvalue weighted by Crippen LogP contribution is -2.45. The Labute approximate surface area is 158 Å². The summed E-state index contributed by atoms with van der Waals surface area (Å²) in [5.74, 6) is -0.857. The van der Waals surface area contributed by atoms with Gasteiger partial charge in [-0.2, -0.15) is 0 Å². The lowest BCUT2D eigenvalue weighted by molar-refractivity contribution is -0.150. The van der Waals surface area contributed by atoms with E-state index in [1.165, 1.54) is 0 Å². The van der Waals surface area contributed by atoms with E-state index in [4.69, 9.17) is 9.47 Å². The molecule has 1 aliphatic heterocycles. The van der Waals surface area contributed by atoms with Gasteiger partial charge in [-0.05, 0) is 25.3 Å². The van der Waals surface area contributed by atoms with Crippen LogP contribution in [0.4, 0.5) is 4.79 Å². The highest BCUT2D eigenvalue weighted by Gasteiger charge is 2.44. The average Bonchev–Trinajstić information content (AvgIpc) is 3.18. The first-order valence-corrected chi connectivity index (χ1v) is 9.23. The Balaban J connectivity index is 1.78. The molecule has 2 amide bonds. The van der Waals surface area contributed by atoms with E-state index in [1.54, 1.807) is 6.92 Å². The molecule has 1 aromatic rings. The number of carbonyl (C=O) groups excluding carboxylic acids is 3. The fraction of sp³-hybridized carbons (Fsp3) is 0.450. The van der Waals surface area contributed by atoms with E-state index in [2.05, 4.69) is 10.6 Å². The monoisotopic (exact) mass is 372 g/mol. The molecule has 144 valence electrons. The van der Waals surface area contributed by atoms with Crippen LogP contribution in [0.25, 0.3) is 0 Å².